The van der Waals surface area contributed by atoms with Gasteiger partial charge in [-0.15, -0.1) is 16.8 Å². The summed E-state index contributed by atoms with van der Waals surface area (Å²) in [5, 5.41) is 14.6. The van der Waals surface area contributed by atoms with E-state index in [2.05, 4.69) is 27.4 Å². The molecule has 160 valence electrons. The van der Waals surface area contributed by atoms with Gasteiger partial charge in [0.2, 0.25) is 5.91 Å². The highest BCUT2D eigenvalue weighted by Crippen LogP contribution is 2.21. The quantitative estimate of drug-likeness (QED) is 0.391. The number of nitrogens with zero attached hydrogens (tertiary/aromatic N) is 3. The summed E-state index contributed by atoms with van der Waals surface area (Å²) >= 11 is 1.24. The second-order valence-electron chi connectivity index (χ2n) is 6.64. The van der Waals surface area contributed by atoms with Crippen LogP contribution in [0.3, 0.4) is 0 Å². The first-order valence-electron chi connectivity index (χ1n) is 9.56. The first-order valence-corrected chi connectivity index (χ1v) is 10.5. The SMILES string of the molecule is C=CCn1c(SCC(=O)Nc2ccccc2)nnc1C(C)NC(=O)c1ccc(F)cc1. The smallest absolute Gasteiger partial charge is 0.251 e. The number of carbonyl (C=O) groups is 2. The molecule has 2 aromatic carbocycles. The molecule has 1 unspecified atom stereocenters. The minimum atomic E-state index is -0.461. The van der Waals surface area contributed by atoms with Crippen molar-refractivity contribution in [2.24, 2.45) is 0 Å². The third kappa shape index (κ3) is 6.02. The zero-order valence-electron chi connectivity index (χ0n) is 16.9. The number of nitrogens with one attached hydrogen (secondary N) is 2. The Kier molecular flexibility index (Phi) is 7.55. The Morgan fingerprint density at radius 2 is 1.87 bits per heavy atom. The fourth-order valence-corrected chi connectivity index (χ4v) is 3.58. The predicted molar refractivity (Wildman–Crippen MR) is 118 cm³/mol. The normalized spacial score (nSPS) is 11.5. The lowest BCUT2D eigenvalue weighted by atomic mass is 10.2. The first kappa shape index (κ1) is 22.2. The Labute approximate surface area is 183 Å². The summed E-state index contributed by atoms with van der Waals surface area (Å²) < 4.78 is 14.9. The number of carbonyl (C=O) groups excluding carboxylic acids is 2. The summed E-state index contributed by atoms with van der Waals surface area (Å²) in [5.41, 5.74) is 1.06. The third-order valence-corrected chi connectivity index (χ3v) is 5.26. The van der Waals surface area contributed by atoms with Crippen LogP contribution in [0, 0.1) is 5.82 Å². The molecule has 31 heavy (non-hydrogen) atoms. The average Bonchev–Trinajstić information content (AvgIpc) is 3.16. The summed E-state index contributed by atoms with van der Waals surface area (Å²) in [5.74, 6) is -0.240. The number of para-hydroxylation sites is 1. The molecule has 1 atom stereocenters. The molecular weight excluding hydrogens is 417 g/mol. The standard InChI is InChI=1S/C22H22FN5O2S/c1-3-13-28-20(15(2)24-21(30)16-9-11-17(23)12-10-16)26-27-22(28)31-14-19(29)25-18-7-5-4-6-8-18/h3-12,15H,1,13-14H2,2H3,(H,24,30)(H,25,29). The summed E-state index contributed by atoms with van der Waals surface area (Å²) in [6.45, 7) is 5.95. The number of allylic oxidation sites excluding steroid dienone is 1. The van der Waals surface area contributed by atoms with E-state index in [1.165, 1.54) is 36.0 Å². The number of aromatic nitrogens is 3. The van der Waals surface area contributed by atoms with Crippen LogP contribution in [0.15, 0.2) is 72.4 Å². The van der Waals surface area contributed by atoms with Crippen LogP contribution in [0.5, 0.6) is 0 Å². The van der Waals surface area contributed by atoms with Crippen molar-refractivity contribution >= 4 is 29.3 Å². The van der Waals surface area contributed by atoms with Crippen molar-refractivity contribution < 1.29 is 14.0 Å². The van der Waals surface area contributed by atoms with Gasteiger partial charge in [0.15, 0.2) is 11.0 Å². The minimum Gasteiger partial charge on any atom is -0.342 e. The molecule has 0 fully saturated rings. The summed E-state index contributed by atoms with van der Waals surface area (Å²) in [4.78, 5) is 24.7. The lowest BCUT2D eigenvalue weighted by Crippen LogP contribution is -2.28. The predicted octanol–water partition coefficient (Wildman–Crippen LogP) is 3.83. The van der Waals surface area contributed by atoms with E-state index in [1.54, 1.807) is 17.6 Å². The molecule has 3 rings (SSSR count). The topological polar surface area (TPSA) is 88.9 Å². The van der Waals surface area contributed by atoms with E-state index in [4.69, 9.17) is 0 Å². The van der Waals surface area contributed by atoms with Crippen LogP contribution in [0.4, 0.5) is 10.1 Å². The Morgan fingerprint density at radius 3 is 2.55 bits per heavy atom. The number of rotatable bonds is 9. The molecule has 0 spiro atoms. The van der Waals surface area contributed by atoms with Crippen molar-refractivity contribution in [3.05, 3.63) is 84.5 Å². The fraction of sp³-hybridized carbons (Fsp3) is 0.182. The van der Waals surface area contributed by atoms with Gasteiger partial charge in [0.05, 0.1) is 11.8 Å². The highest BCUT2D eigenvalue weighted by Gasteiger charge is 2.20. The Balaban J connectivity index is 1.66. The lowest BCUT2D eigenvalue weighted by Gasteiger charge is -2.15. The van der Waals surface area contributed by atoms with E-state index in [1.807, 2.05) is 30.3 Å². The van der Waals surface area contributed by atoms with E-state index in [0.717, 1.165) is 5.69 Å². The molecule has 2 amide bonds. The number of benzene rings is 2. The van der Waals surface area contributed by atoms with Crippen molar-refractivity contribution in [3.63, 3.8) is 0 Å². The Bertz CT molecular complexity index is 1050. The maximum Gasteiger partial charge on any atom is 0.251 e. The molecule has 0 saturated heterocycles. The molecule has 0 aliphatic carbocycles. The highest BCUT2D eigenvalue weighted by atomic mass is 32.2. The largest absolute Gasteiger partial charge is 0.342 e. The van der Waals surface area contributed by atoms with Crippen molar-refractivity contribution in [3.8, 4) is 0 Å². The zero-order chi connectivity index (χ0) is 22.2. The van der Waals surface area contributed by atoms with Gasteiger partial charge in [-0.1, -0.05) is 36.0 Å². The van der Waals surface area contributed by atoms with Crippen LogP contribution in [-0.2, 0) is 11.3 Å². The van der Waals surface area contributed by atoms with Crippen LogP contribution in [0.1, 0.15) is 29.1 Å². The molecule has 9 heteroatoms. The third-order valence-electron chi connectivity index (χ3n) is 4.29. The molecule has 1 heterocycles. The summed E-state index contributed by atoms with van der Waals surface area (Å²) in [6.07, 6.45) is 1.69. The first-order chi connectivity index (χ1) is 15.0. The molecule has 0 aliphatic rings. The van der Waals surface area contributed by atoms with Crippen LogP contribution >= 0.6 is 11.8 Å². The summed E-state index contributed by atoms with van der Waals surface area (Å²) in [7, 11) is 0. The number of thioether (sulfide) groups is 1. The molecule has 0 saturated carbocycles. The van der Waals surface area contributed by atoms with E-state index in [0.29, 0.717) is 23.1 Å². The molecule has 0 aliphatic heterocycles. The van der Waals surface area contributed by atoms with Gasteiger partial charge in [-0.2, -0.15) is 0 Å². The molecule has 0 bridgehead atoms. The van der Waals surface area contributed by atoms with Gasteiger partial charge in [0.25, 0.3) is 5.91 Å². The lowest BCUT2D eigenvalue weighted by molar-refractivity contribution is -0.113. The van der Waals surface area contributed by atoms with Gasteiger partial charge in [0.1, 0.15) is 5.82 Å². The van der Waals surface area contributed by atoms with Gasteiger partial charge in [-0.05, 0) is 43.3 Å². The van der Waals surface area contributed by atoms with Crippen LogP contribution in [-0.4, -0.2) is 32.3 Å². The number of hydrogen-bond donors (Lipinski definition) is 2. The van der Waals surface area contributed by atoms with Crippen molar-refractivity contribution in [1.29, 1.82) is 0 Å². The number of hydrogen-bond acceptors (Lipinski definition) is 5. The van der Waals surface area contributed by atoms with E-state index in [9.17, 15) is 14.0 Å². The second kappa shape index (κ2) is 10.5. The zero-order valence-corrected chi connectivity index (χ0v) is 17.7. The second-order valence-corrected chi connectivity index (χ2v) is 7.59. The Morgan fingerprint density at radius 1 is 1.16 bits per heavy atom. The molecule has 2 N–H and O–H groups in total. The van der Waals surface area contributed by atoms with E-state index >= 15 is 0 Å². The van der Waals surface area contributed by atoms with E-state index in [-0.39, 0.29) is 17.6 Å². The fourth-order valence-electron chi connectivity index (χ4n) is 2.82. The number of halogens is 1. The maximum absolute atomic E-state index is 13.1. The van der Waals surface area contributed by atoms with Gasteiger partial charge >= 0.3 is 0 Å². The van der Waals surface area contributed by atoms with E-state index < -0.39 is 11.9 Å². The average molecular weight is 440 g/mol. The molecule has 3 aromatic rings. The number of anilines is 1. The van der Waals surface area contributed by atoms with Crippen molar-refractivity contribution in [1.82, 2.24) is 20.1 Å². The highest BCUT2D eigenvalue weighted by molar-refractivity contribution is 7.99. The molecule has 7 nitrogen and oxygen atoms in total. The van der Waals surface area contributed by atoms with Crippen LogP contribution in [0.25, 0.3) is 0 Å². The number of amides is 2. The maximum atomic E-state index is 13.1. The van der Waals surface area contributed by atoms with Crippen LogP contribution in [0.2, 0.25) is 0 Å². The minimum absolute atomic E-state index is 0.153. The van der Waals surface area contributed by atoms with Gasteiger partial charge in [-0.3, -0.25) is 9.59 Å². The van der Waals surface area contributed by atoms with Gasteiger partial charge in [0, 0.05) is 17.8 Å². The monoisotopic (exact) mass is 439 g/mol. The van der Waals surface area contributed by atoms with Crippen molar-refractivity contribution in [2.75, 3.05) is 11.1 Å². The molecular formula is C22H22FN5O2S. The Hall–Kier alpha value is -3.46. The van der Waals surface area contributed by atoms with Crippen molar-refractivity contribution in [2.45, 2.75) is 24.7 Å². The van der Waals surface area contributed by atoms with Crippen LogP contribution < -0.4 is 10.6 Å². The molecule has 0 radical (unpaired) electrons. The van der Waals surface area contributed by atoms with Gasteiger partial charge < -0.3 is 15.2 Å². The molecule has 1 aromatic heterocycles. The van der Waals surface area contributed by atoms with Gasteiger partial charge in [-0.25, -0.2) is 4.39 Å². The summed E-state index contributed by atoms with van der Waals surface area (Å²) in [6, 6.07) is 14.0.